The van der Waals surface area contributed by atoms with Gasteiger partial charge in [0.15, 0.2) is 17.5 Å². The summed E-state index contributed by atoms with van der Waals surface area (Å²) in [5, 5.41) is 5.04. The normalized spacial score (nSPS) is 11.6. The highest BCUT2D eigenvalue weighted by Gasteiger charge is 2.19. The molecule has 262 valence electrons. The van der Waals surface area contributed by atoms with E-state index in [1.165, 1.54) is 73.7 Å². The summed E-state index contributed by atoms with van der Waals surface area (Å²) in [4.78, 5) is 15.1. The lowest BCUT2D eigenvalue weighted by atomic mass is 9.92. The molecule has 8 aromatic carbocycles. The van der Waals surface area contributed by atoms with Gasteiger partial charge in [-0.2, -0.15) is 0 Å². The van der Waals surface area contributed by atoms with Crippen molar-refractivity contribution in [3.63, 3.8) is 0 Å². The Labute approximate surface area is 331 Å². The Morgan fingerprint density at radius 1 is 0.286 bits per heavy atom. The van der Waals surface area contributed by atoms with E-state index in [0.29, 0.717) is 17.5 Å². The Balaban J connectivity index is 1.08. The smallest absolute Gasteiger partial charge is 0.165 e. The van der Waals surface area contributed by atoms with Gasteiger partial charge in [-0.15, -0.1) is 22.7 Å². The molecule has 3 nitrogen and oxygen atoms in total. The molecule has 0 saturated heterocycles. The van der Waals surface area contributed by atoms with Gasteiger partial charge in [0.05, 0.1) is 0 Å². The predicted octanol–water partition coefficient (Wildman–Crippen LogP) is 14.6. The number of thiophene rings is 2. The van der Waals surface area contributed by atoms with Gasteiger partial charge in [0.1, 0.15) is 0 Å². The van der Waals surface area contributed by atoms with Crippen LogP contribution in [0.1, 0.15) is 0 Å². The standard InChI is InChI=1S/C51H31N3S2/c1-4-14-32(15-5-1)35-20-12-21-37(28-35)42-30-38(31-46-47(42)40-22-10-11-25-44(40)55-46)36-26-27-45-43(29-36)39-23-13-24-41(48(39)56-45)51-53-49(33-16-6-2-7-17-33)52-50(54-51)34-18-8-3-9-19-34/h1-31H. The molecular formula is C51H31N3S2. The van der Waals surface area contributed by atoms with Crippen LogP contribution in [0.4, 0.5) is 0 Å². The summed E-state index contributed by atoms with van der Waals surface area (Å²) in [5.41, 5.74) is 10.2. The molecule has 0 radical (unpaired) electrons. The van der Waals surface area contributed by atoms with Crippen molar-refractivity contribution in [1.29, 1.82) is 0 Å². The second kappa shape index (κ2) is 13.5. The number of nitrogens with zero attached hydrogens (tertiary/aromatic N) is 3. The summed E-state index contributed by atoms with van der Waals surface area (Å²) in [6, 6.07) is 67.0. The zero-order valence-electron chi connectivity index (χ0n) is 30.1. The maximum Gasteiger partial charge on any atom is 0.165 e. The van der Waals surface area contributed by atoms with Crippen LogP contribution in [-0.4, -0.2) is 15.0 Å². The van der Waals surface area contributed by atoms with E-state index in [9.17, 15) is 0 Å². The molecule has 0 aliphatic heterocycles. The molecule has 11 rings (SSSR count). The summed E-state index contributed by atoms with van der Waals surface area (Å²) >= 11 is 3.67. The molecule has 0 saturated carbocycles. The van der Waals surface area contributed by atoms with E-state index in [2.05, 4.69) is 152 Å². The maximum absolute atomic E-state index is 5.08. The average Bonchev–Trinajstić information content (AvgIpc) is 3.85. The minimum atomic E-state index is 0.664. The summed E-state index contributed by atoms with van der Waals surface area (Å²) < 4.78 is 4.99. The highest BCUT2D eigenvalue weighted by Crippen LogP contribution is 2.45. The zero-order chi connectivity index (χ0) is 37.0. The quantitative estimate of drug-likeness (QED) is 0.170. The Hall–Kier alpha value is -6.79. The lowest BCUT2D eigenvalue weighted by molar-refractivity contribution is 1.08. The third-order valence-corrected chi connectivity index (χ3v) is 12.9. The van der Waals surface area contributed by atoms with E-state index >= 15 is 0 Å². The van der Waals surface area contributed by atoms with Crippen molar-refractivity contribution in [2.24, 2.45) is 0 Å². The number of benzene rings is 8. The summed E-state index contributed by atoms with van der Waals surface area (Å²) in [7, 11) is 0. The number of hydrogen-bond donors (Lipinski definition) is 0. The fourth-order valence-electron chi connectivity index (χ4n) is 7.83. The van der Waals surface area contributed by atoms with E-state index in [1.807, 2.05) is 47.7 Å². The van der Waals surface area contributed by atoms with Gasteiger partial charge in [-0.25, -0.2) is 15.0 Å². The molecular weight excluding hydrogens is 719 g/mol. The largest absolute Gasteiger partial charge is 0.208 e. The average molecular weight is 750 g/mol. The first kappa shape index (κ1) is 32.6. The number of rotatable bonds is 6. The summed E-state index contributed by atoms with van der Waals surface area (Å²) in [6.45, 7) is 0. The molecule has 0 aliphatic rings. The second-order valence-electron chi connectivity index (χ2n) is 14.0. The molecule has 0 unspecified atom stereocenters. The van der Waals surface area contributed by atoms with Crippen LogP contribution in [0.5, 0.6) is 0 Å². The SMILES string of the molecule is c1ccc(-c2cccc(-c3cc(-c4ccc5sc6c(-c7nc(-c8ccccc8)nc(-c8ccccc8)n7)cccc6c5c4)cc4sc5ccccc5c34)c2)cc1. The summed E-state index contributed by atoms with van der Waals surface area (Å²) in [6.07, 6.45) is 0. The van der Waals surface area contributed by atoms with E-state index < -0.39 is 0 Å². The Morgan fingerprint density at radius 3 is 1.61 bits per heavy atom. The Bertz CT molecular complexity index is 3180. The third kappa shape index (κ3) is 5.68. The van der Waals surface area contributed by atoms with Crippen molar-refractivity contribution in [2.75, 3.05) is 0 Å². The first-order valence-corrected chi connectivity index (χ1v) is 20.3. The molecule has 0 N–H and O–H groups in total. The van der Waals surface area contributed by atoms with Gasteiger partial charge in [-0.05, 0) is 75.8 Å². The van der Waals surface area contributed by atoms with Crippen LogP contribution in [0.25, 0.3) is 108 Å². The van der Waals surface area contributed by atoms with Crippen molar-refractivity contribution < 1.29 is 0 Å². The van der Waals surface area contributed by atoms with Crippen LogP contribution >= 0.6 is 22.7 Å². The molecule has 3 heterocycles. The molecule has 5 heteroatoms. The van der Waals surface area contributed by atoms with Crippen molar-refractivity contribution in [1.82, 2.24) is 15.0 Å². The third-order valence-electron chi connectivity index (χ3n) is 10.5. The fraction of sp³-hybridized carbons (Fsp3) is 0. The zero-order valence-corrected chi connectivity index (χ0v) is 31.7. The molecule has 0 bridgehead atoms. The lowest BCUT2D eigenvalue weighted by Crippen LogP contribution is -2.00. The molecule has 0 spiro atoms. The van der Waals surface area contributed by atoms with Gasteiger partial charge in [0.2, 0.25) is 0 Å². The van der Waals surface area contributed by atoms with Gasteiger partial charge in [-0.1, -0.05) is 146 Å². The van der Waals surface area contributed by atoms with Crippen molar-refractivity contribution in [2.45, 2.75) is 0 Å². The van der Waals surface area contributed by atoms with Crippen LogP contribution in [0.3, 0.4) is 0 Å². The first-order chi connectivity index (χ1) is 27.7. The molecule has 0 fully saturated rings. The van der Waals surface area contributed by atoms with Crippen LogP contribution in [0.15, 0.2) is 188 Å². The summed E-state index contributed by atoms with van der Waals surface area (Å²) in [5.74, 6) is 2.00. The van der Waals surface area contributed by atoms with Crippen molar-refractivity contribution >= 4 is 63.0 Å². The van der Waals surface area contributed by atoms with Crippen LogP contribution in [0.2, 0.25) is 0 Å². The minimum Gasteiger partial charge on any atom is -0.208 e. The number of hydrogen-bond acceptors (Lipinski definition) is 5. The van der Waals surface area contributed by atoms with Gasteiger partial charge in [0, 0.05) is 57.0 Å². The highest BCUT2D eigenvalue weighted by molar-refractivity contribution is 7.26. The van der Waals surface area contributed by atoms with Crippen LogP contribution < -0.4 is 0 Å². The first-order valence-electron chi connectivity index (χ1n) is 18.7. The second-order valence-corrected chi connectivity index (χ2v) is 16.1. The molecule has 11 aromatic rings. The fourth-order valence-corrected chi connectivity index (χ4v) is 10.2. The van der Waals surface area contributed by atoms with Crippen LogP contribution in [-0.2, 0) is 0 Å². The van der Waals surface area contributed by atoms with Crippen molar-refractivity contribution in [3.05, 3.63) is 188 Å². The Morgan fingerprint density at radius 2 is 0.857 bits per heavy atom. The van der Waals surface area contributed by atoms with E-state index in [4.69, 9.17) is 15.0 Å². The highest BCUT2D eigenvalue weighted by atomic mass is 32.1. The number of fused-ring (bicyclic) bond motifs is 6. The van der Waals surface area contributed by atoms with Gasteiger partial charge < -0.3 is 0 Å². The predicted molar refractivity (Wildman–Crippen MR) is 238 cm³/mol. The molecule has 3 aromatic heterocycles. The monoisotopic (exact) mass is 749 g/mol. The van der Waals surface area contributed by atoms with Gasteiger partial charge >= 0.3 is 0 Å². The number of aromatic nitrogens is 3. The minimum absolute atomic E-state index is 0.664. The molecule has 0 atom stereocenters. The molecule has 0 aliphatic carbocycles. The topological polar surface area (TPSA) is 38.7 Å². The van der Waals surface area contributed by atoms with E-state index in [0.717, 1.165) is 16.7 Å². The molecule has 0 amide bonds. The van der Waals surface area contributed by atoms with Crippen molar-refractivity contribution in [3.8, 4) is 67.5 Å². The van der Waals surface area contributed by atoms with E-state index in [1.54, 1.807) is 11.3 Å². The van der Waals surface area contributed by atoms with Crippen LogP contribution in [0, 0.1) is 0 Å². The van der Waals surface area contributed by atoms with Gasteiger partial charge in [0.25, 0.3) is 0 Å². The molecule has 56 heavy (non-hydrogen) atoms. The lowest BCUT2D eigenvalue weighted by Gasteiger charge is -2.11. The van der Waals surface area contributed by atoms with Gasteiger partial charge in [-0.3, -0.25) is 0 Å². The Kier molecular flexibility index (Phi) is 7.87. The maximum atomic E-state index is 5.08. The van der Waals surface area contributed by atoms with E-state index in [-0.39, 0.29) is 0 Å².